The molecule has 0 aromatic heterocycles. The summed E-state index contributed by atoms with van der Waals surface area (Å²) in [5.74, 6) is -1.66. The molecule has 4 rings (SSSR count). The fraction of sp³-hybridized carbons (Fsp3) is 0.0800. The van der Waals surface area contributed by atoms with Crippen LogP contribution < -0.4 is 15.5 Å². The Morgan fingerprint density at radius 3 is 2.26 bits per heavy atom. The maximum absolute atomic E-state index is 13.0. The van der Waals surface area contributed by atoms with Crippen molar-refractivity contribution in [1.82, 2.24) is 0 Å². The first-order valence-electron chi connectivity index (χ1n) is 10.1. The van der Waals surface area contributed by atoms with Gasteiger partial charge in [-0.05, 0) is 73.5 Å². The molecule has 1 aliphatic heterocycles. The number of amides is 3. The molecule has 0 fully saturated rings. The van der Waals surface area contributed by atoms with Gasteiger partial charge in [-0.15, -0.1) is 0 Å². The highest BCUT2D eigenvalue weighted by atomic mass is 35.5. The molecule has 172 valence electrons. The third-order valence-corrected chi connectivity index (χ3v) is 6.14. The van der Waals surface area contributed by atoms with E-state index in [0.717, 1.165) is 21.7 Å². The van der Waals surface area contributed by atoms with Crippen LogP contribution in [0.5, 0.6) is 0 Å². The number of rotatable bonds is 5. The molecular weight excluding hydrogens is 497 g/mol. The van der Waals surface area contributed by atoms with Crippen molar-refractivity contribution < 1.29 is 14.4 Å². The van der Waals surface area contributed by atoms with Gasteiger partial charge in [-0.1, -0.05) is 46.9 Å². The molecule has 6 nitrogen and oxygen atoms in total. The Morgan fingerprint density at radius 2 is 1.56 bits per heavy atom. The van der Waals surface area contributed by atoms with Gasteiger partial charge >= 0.3 is 0 Å². The van der Waals surface area contributed by atoms with Crippen LogP contribution in [-0.2, 0) is 9.59 Å². The highest BCUT2D eigenvalue weighted by Gasteiger charge is 2.40. The topological polar surface area (TPSA) is 78.5 Å². The van der Waals surface area contributed by atoms with E-state index in [4.69, 9.17) is 34.8 Å². The molecule has 3 aromatic rings. The minimum Gasteiger partial charge on any atom is -0.350 e. The molecule has 9 heteroatoms. The van der Waals surface area contributed by atoms with Crippen LogP contribution in [0.1, 0.15) is 21.5 Å². The number of benzene rings is 3. The molecule has 0 spiro atoms. The highest BCUT2D eigenvalue weighted by molar-refractivity contribution is 6.54. The molecule has 3 aromatic carbocycles. The van der Waals surface area contributed by atoms with E-state index < -0.39 is 11.8 Å². The van der Waals surface area contributed by atoms with Gasteiger partial charge in [-0.25, -0.2) is 4.90 Å². The van der Waals surface area contributed by atoms with E-state index in [1.54, 1.807) is 30.3 Å². The number of hydrogen-bond acceptors (Lipinski definition) is 4. The smallest absolute Gasteiger partial charge is 0.283 e. The zero-order valence-electron chi connectivity index (χ0n) is 18.1. The Bertz CT molecular complexity index is 1370. The van der Waals surface area contributed by atoms with Gasteiger partial charge in [-0.2, -0.15) is 0 Å². The van der Waals surface area contributed by atoms with Crippen LogP contribution in [0.2, 0.25) is 10.0 Å². The molecule has 3 amide bonds. The van der Waals surface area contributed by atoms with Crippen molar-refractivity contribution in [1.29, 1.82) is 0 Å². The number of carbonyl (C=O) groups is 3. The van der Waals surface area contributed by atoms with Gasteiger partial charge in [0, 0.05) is 22.0 Å². The molecule has 34 heavy (non-hydrogen) atoms. The van der Waals surface area contributed by atoms with E-state index in [-0.39, 0.29) is 27.3 Å². The lowest BCUT2D eigenvalue weighted by molar-refractivity contribution is -0.120. The molecule has 0 saturated heterocycles. The van der Waals surface area contributed by atoms with Gasteiger partial charge in [0.05, 0.1) is 10.7 Å². The van der Waals surface area contributed by atoms with Crippen molar-refractivity contribution in [2.45, 2.75) is 13.8 Å². The summed E-state index contributed by atoms with van der Waals surface area (Å²) in [4.78, 5) is 39.2. The van der Waals surface area contributed by atoms with E-state index in [9.17, 15) is 14.4 Å². The summed E-state index contributed by atoms with van der Waals surface area (Å²) in [5, 5.41) is 5.97. The molecule has 0 unspecified atom stereocenters. The lowest BCUT2D eigenvalue weighted by atomic mass is 10.1. The molecule has 0 atom stereocenters. The van der Waals surface area contributed by atoms with Gasteiger partial charge in [0.25, 0.3) is 17.7 Å². The van der Waals surface area contributed by atoms with Crippen molar-refractivity contribution in [2.24, 2.45) is 0 Å². The van der Waals surface area contributed by atoms with E-state index >= 15 is 0 Å². The van der Waals surface area contributed by atoms with Crippen molar-refractivity contribution in [2.75, 3.05) is 15.5 Å². The fourth-order valence-electron chi connectivity index (χ4n) is 3.40. The highest BCUT2D eigenvalue weighted by Crippen LogP contribution is 2.35. The van der Waals surface area contributed by atoms with E-state index in [0.29, 0.717) is 16.3 Å². The number of nitrogens with one attached hydrogen (secondary N) is 2. The second-order valence-corrected chi connectivity index (χ2v) is 8.93. The molecule has 2 N–H and O–H groups in total. The second kappa shape index (κ2) is 9.50. The number of hydrogen-bond donors (Lipinski definition) is 2. The quantitative estimate of drug-likeness (QED) is 0.392. The van der Waals surface area contributed by atoms with E-state index in [2.05, 4.69) is 10.6 Å². The van der Waals surface area contributed by atoms with Crippen LogP contribution in [0.15, 0.2) is 71.4 Å². The molecule has 0 aliphatic carbocycles. The van der Waals surface area contributed by atoms with Gasteiger partial charge in [0.2, 0.25) is 0 Å². The second-order valence-electron chi connectivity index (χ2n) is 7.71. The number of anilines is 3. The van der Waals surface area contributed by atoms with Crippen LogP contribution in [0, 0.1) is 13.8 Å². The zero-order valence-corrected chi connectivity index (χ0v) is 20.3. The number of imide groups is 1. The SMILES string of the molecule is Cc1ccc(C)c(NC(=O)c2ccc(NC3=C(Cl)C(=O)N(c4cc(Cl)ccc4Cl)C3=O)cc2)c1. The third kappa shape index (κ3) is 4.66. The van der Waals surface area contributed by atoms with E-state index in [1.807, 2.05) is 32.0 Å². The predicted octanol–water partition coefficient (Wildman–Crippen LogP) is 6.30. The molecule has 1 heterocycles. The predicted molar refractivity (Wildman–Crippen MR) is 136 cm³/mol. The van der Waals surface area contributed by atoms with Gasteiger partial charge < -0.3 is 10.6 Å². The van der Waals surface area contributed by atoms with Crippen LogP contribution in [0.4, 0.5) is 17.1 Å². The summed E-state index contributed by atoms with van der Waals surface area (Å²) in [7, 11) is 0. The van der Waals surface area contributed by atoms with Crippen molar-refractivity contribution in [3.63, 3.8) is 0 Å². The van der Waals surface area contributed by atoms with Gasteiger partial charge in [-0.3, -0.25) is 14.4 Å². The third-order valence-electron chi connectivity index (χ3n) is 5.23. The first-order chi connectivity index (χ1) is 16.2. The first-order valence-corrected chi connectivity index (χ1v) is 11.3. The van der Waals surface area contributed by atoms with Crippen LogP contribution in [0.25, 0.3) is 0 Å². The summed E-state index contributed by atoms with van der Waals surface area (Å²) < 4.78 is 0. The average molecular weight is 515 g/mol. The number of aryl methyl sites for hydroxylation is 2. The zero-order chi connectivity index (χ0) is 24.6. The van der Waals surface area contributed by atoms with Crippen molar-refractivity contribution in [3.8, 4) is 0 Å². The molecule has 0 saturated carbocycles. The first kappa shape index (κ1) is 23.8. The molecule has 0 radical (unpaired) electrons. The number of carbonyl (C=O) groups excluding carboxylic acids is 3. The van der Waals surface area contributed by atoms with Gasteiger partial charge in [0.15, 0.2) is 0 Å². The van der Waals surface area contributed by atoms with Crippen LogP contribution in [0.3, 0.4) is 0 Å². The maximum Gasteiger partial charge on any atom is 0.283 e. The van der Waals surface area contributed by atoms with Crippen molar-refractivity contribution >= 4 is 69.6 Å². The summed E-state index contributed by atoms with van der Waals surface area (Å²) in [6.07, 6.45) is 0. The monoisotopic (exact) mass is 513 g/mol. The fourth-order valence-corrected chi connectivity index (χ4v) is 3.98. The van der Waals surface area contributed by atoms with Gasteiger partial charge in [0.1, 0.15) is 10.7 Å². The Morgan fingerprint density at radius 1 is 0.853 bits per heavy atom. The maximum atomic E-state index is 13.0. The Labute approximate surface area is 211 Å². The largest absolute Gasteiger partial charge is 0.350 e. The summed E-state index contributed by atoms with van der Waals surface area (Å²) >= 11 is 18.3. The Hall–Kier alpha value is -3.32. The minimum atomic E-state index is -0.720. The lowest BCUT2D eigenvalue weighted by Gasteiger charge is -2.17. The lowest BCUT2D eigenvalue weighted by Crippen LogP contribution is -2.32. The number of nitrogens with zero attached hydrogens (tertiary/aromatic N) is 1. The standard InChI is InChI=1S/C25H18Cl3N3O3/c1-13-3-4-14(2)19(11-13)30-23(32)15-5-8-17(9-6-15)29-22-21(28)24(33)31(25(22)34)20-12-16(26)7-10-18(20)27/h3-12,29H,1-2H3,(H,30,32). The van der Waals surface area contributed by atoms with Crippen LogP contribution >= 0.6 is 34.8 Å². The summed E-state index contributed by atoms with van der Waals surface area (Å²) in [5.41, 5.74) is 3.65. The molecular formula is C25H18Cl3N3O3. The summed E-state index contributed by atoms with van der Waals surface area (Å²) in [6, 6.07) is 16.7. The number of halogens is 3. The average Bonchev–Trinajstić information content (AvgIpc) is 3.01. The molecule has 1 aliphatic rings. The Kier molecular flexibility index (Phi) is 6.66. The van der Waals surface area contributed by atoms with Crippen LogP contribution in [-0.4, -0.2) is 17.7 Å². The van der Waals surface area contributed by atoms with Crippen molar-refractivity contribution in [3.05, 3.63) is 98.1 Å². The van der Waals surface area contributed by atoms with E-state index in [1.165, 1.54) is 12.1 Å². The minimum absolute atomic E-state index is 0.102. The Balaban J connectivity index is 1.51. The normalized spacial score (nSPS) is 13.5. The summed E-state index contributed by atoms with van der Waals surface area (Å²) in [6.45, 7) is 3.87. The molecule has 0 bridgehead atoms.